The van der Waals surface area contributed by atoms with E-state index in [0.717, 1.165) is 31.2 Å². The van der Waals surface area contributed by atoms with Gasteiger partial charge in [0.05, 0.1) is 60.4 Å². The summed E-state index contributed by atoms with van der Waals surface area (Å²) < 4.78 is 18.0. The van der Waals surface area contributed by atoms with E-state index in [9.17, 15) is 14.4 Å². The number of aromatic amines is 1. The van der Waals surface area contributed by atoms with Gasteiger partial charge in [0, 0.05) is 42.7 Å². The summed E-state index contributed by atoms with van der Waals surface area (Å²) in [5, 5.41) is 16.7. The molecule has 2 aliphatic heterocycles. The summed E-state index contributed by atoms with van der Waals surface area (Å²) in [7, 11) is 0. The summed E-state index contributed by atoms with van der Waals surface area (Å²) in [5.74, 6) is 1.45. The SMILES string of the molecule is C[C@@H]1CC[C@@H](Oc2cc(=O)cc[nH]2)CN1C(=O)c1ccccc1-n1nccn1.C[C@@H]1CC[C@@H](Oc2cc(OCc3ccccc3)ccn2)CN1C(=O)c1ccccc1-n1nccn1. The minimum Gasteiger partial charge on any atom is -0.489 e. The number of likely N-dealkylation sites (tertiary alicyclic amines) is 2. The van der Waals surface area contributed by atoms with E-state index in [1.807, 2.05) is 95.6 Å². The number of aromatic nitrogens is 8. The number of para-hydroxylation sites is 2. The van der Waals surface area contributed by atoms with Crippen molar-refractivity contribution < 1.29 is 23.8 Å². The number of hydrogen-bond donors (Lipinski definition) is 1. The molecule has 4 aromatic heterocycles. The quantitative estimate of drug-likeness (QED) is 0.154. The number of carbonyl (C=O) groups excluding carboxylic acids is 2. The molecule has 3 aromatic carbocycles. The lowest BCUT2D eigenvalue weighted by Crippen LogP contribution is -2.49. The Balaban J connectivity index is 0.000000177. The molecule has 4 atom stereocenters. The van der Waals surface area contributed by atoms with Gasteiger partial charge in [-0.1, -0.05) is 54.6 Å². The smallest absolute Gasteiger partial charge is 0.256 e. The molecule has 0 bridgehead atoms. The van der Waals surface area contributed by atoms with E-state index in [1.54, 1.807) is 49.3 Å². The molecule has 2 saturated heterocycles. The predicted molar refractivity (Wildman–Crippen MR) is 233 cm³/mol. The monoisotopic (exact) mass is 848 g/mol. The first-order valence-electron chi connectivity index (χ1n) is 21.0. The largest absolute Gasteiger partial charge is 0.489 e. The summed E-state index contributed by atoms with van der Waals surface area (Å²) >= 11 is 0. The lowest BCUT2D eigenvalue weighted by atomic mass is 9.99. The molecule has 2 fully saturated rings. The summed E-state index contributed by atoms with van der Waals surface area (Å²) in [6, 6.07) is 31.3. The molecule has 6 heterocycles. The van der Waals surface area contributed by atoms with E-state index in [0.29, 0.717) is 59.7 Å². The van der Waals surface area contributed by atoms with E-state index < -0.39 is 0 Å². The number of rotatable bonds is 11. The maximum absolute atomic E-state index is 13.6. The van der Waals surface area contributed by atoms with Crippen molar-refractivity contribution in [1.82, 2.24) is 49.8 Å². The van der Waals surface area contributed by atoms with Gasteiger partial charge in [-0.15, -0.1) is 0 Å². The second-order valence-corrected chi connectivity index (χ2v) is 15.4. The highest BCUT2D eigenvalue weighted by Gasteiger charge is 2.34. The highest BCUT2D eigenvalue weighted by Crippen LogP contribution is 2.27. The minimum absolute atomic E-state index is 0.0633. The van der Waals surface area contributed by atoms with Crippen molar-refractivity contribution in [1.29, 1.82) is 0 Å². The van der Waals surface area contributed by atoms with Crippen LogP contribution in [0.15, 0.2) is 145 Å². The Labute approximate surface area is 364 Å². The fraction of sp³-hybridized carbons (Fsp3) is 0.277. The zero-order valence-corrected chi connectivity index (χ0v) is 35.0. The Morgan fingerprint density at radius 1 is 0.635 bits per heavy atom. The summed E-state index contributed by atoms with van der Waals surface area (Å²) in [4.78, 5) is 52.3. The summed E-state index contributed by atoms with van der Waals surface area (Å²) in [6.07, 6.45) is 12.5. The first kappa shape index (κ1) is 42.1. The number of nitrogens with one attached hydrogen (secondary N) is 1. The van der Waals surface area contributed by atoms with E-state index in [4.69, 9.17) is 14.2 Å². The Bertz CT molecular complexity index is 2640. The number of amides is 2. The minimum atomic E-state index is -0.187. The van der Waals surface area contributed by atoms with Gasteiger partial charge < -0.3 is 29.0 Å². The molecule has 9 rings (SSSR count). The van der Waals surface area contributed by atoms with Gasteiger partial charge in [0.15, 0.2) is 11.3 Å². The normalized spacial score (nSPS) is 18.4. The van der Waals surface area contributed by atoms with Crippen LogP contribution in [0.2, 0.25) is 0 Å². The third-order valence-electron chi connectivity index (χ3n) is 11.0. The van der Waals surface area contributed by atoms with Crippen molar-refractivity contribution in [3.8, 4) is 28.9 Å². The van der Waals surface area contributed by atoms with Crippen LogP contribution >= 0.6 is 0 Å². The number of H-pyrrole nitrogens is 1. The summed E-state index contributed by atoms with van der Waals surface area (Å²) in [6.45, 7) is 5.49. The van der Waals surface area contributed by atoms with Crippen LogP contribution < -0.4 is 19.6 Å². The molecule has 16 nitrogen and oxygen atoms in total. The van der Waals surface area contributed by atoms with Gasteiger partial charge in [-0.05, 0) is 75.4 Å². The highest BCUT2D eigenvalue weighted by molar-refractivity contribution is 5.98. The number of nitrogens with zero attached hydrogens (tertiary/aromatic N) is 9. The Kier molecular flexibility index (Phi) is 13.3. The van der Waals surface area contributed by atoms with Crippen molar-refractivity contribution in [3.63, 3.8) is 0 Å². The number of pyridine rings is 2. The molecule has 0 radical (unpaired) electrons. The lowest BCUT2D eigenvalue weighted by Gasteiger charge is -2.38. The van der Waals surface area contributed by atoms with E-state index in [2.05, 4.69) is 37.3 Å². The first-order chi connectivity index (χ1) is 30.8. The molecule has 16 heteroatoms. The molecule has 322 valence electrons. The van der Waals surface area contributed by atoms with Crippen molar-refractivity contribution in [2.75, 3.05) is 13.1 Å². The fourth-order valence-electron chi connectivity index (χ4n) is 7.68. The van der Waals surface area contributed by atoms with E-state index in [-0.39, 0.29) is 41.5 Å². The average molecular weight is 849 g/mol. The molecule has 0 spiro atoms. The third kappa shape index (κ3) is 10.5. The van der Waals surface area contributed by atoms with Crippen molar-refractivity contribution in [2.24, 2.45) is 0 Å². The van der Waals surface area contributed by atoms with Gasteiger partial charge in [-0.25, -0.2) is 4.98 Å². The lowest BCUT2D eigenvalue weighted by molar-refractivity contribution is 0.0369. The van der Waals surface area contributed by atoms with Crippen LogP contribution in [0.25, 0.3) is 11.4 Å². The van der Waals surface area contributed by atoms with Crippen LogP contribution in [0.3, 0.4) is 0 Å². The number of carbonyl (C=O) groups is 2. The van der Waals surface area contributed by atoms with Gasteiger partial charge in [-0.2, -0.15) is 30.0 Å². The van der Waals surface area contributed by atoms with Crippen LogP contribution in [0.5, 0.6) is 17.5 Å². The number of piperidine rings is 2. The second-order valence-electron chi connectivity index (χ2n) is 15.4. The molecule has 63 heavy (non-hydrogen) atoms. The van der Waals surface area contributed by atoms with Gasteiger partial charge in [0.25, 0.3) is 11.8 Å². The maximum atomic E-state index is 13.6. The fourth-order valence-corrected chi connectivity index (χ4v) is 7.68. The molecule has 0 unspecified atom stereocenters. The number of benzene rings is 3. The Morgan fingerprint density at radius 3 is 1.75 bits per heavy atom. The zero-order chi connectivity index (χ0) is 43.5. The topological polar surface area (TPSA) is 175 Å². The third-order valence-corrected chi connectivity index (χ3v) is 11.0. The molecular weight excluding hydrogens is 801 g/mol. The van der Waals surface area contributed by atoms with E-state index in [1.165, 1.54) is 21.7 Å². The van der Waals surface area contributed by atoms with Gasteiger partial charge in [-0.3, -0.25) is 14.4 Å². The molecule has 2 aliphatic rings. The van der Waals surface area contributed by atoms with Gasteiger partial charge in [0.2, 0.25) is 5.88 Å². The van der Waals surface area contributed by atoms with Crippen molar-refractivity contribution in [2.45, 2.75) is 70.4 Å². The Hall–Kier alpha value is -7.62. The van der Waals surface area contributed by atoms with Crippen LogP contribution in [-0.2, 0) is 6.61 Å². The summed E-state index contributed by atoms with van der Waals surface area (Å²) in [5.41, 5.74) is 3.37. The maximum Gasteiger partial charge on any atom is 0.256 e. The van der Waals surface area contributed by atoms with Crippen LogP contribution in [0.4, 0.5) is 0 Å². The first-order valence-corrected chi connectivity index (χ1v) is 21.0. The van der Waals surface area contributed by atoms with E-state index >= 15 is 0 Å². The second kappa shape index (κ2) is 19.8. The predicted octanol–water partition coefficient (Wildman–Crippen LogP) is 6.34. The van der Waals surface area contributed by atoms with Crippen molar-refractivity contribution in [3.05, 3.63) is 167 Å². The van der Waals surface area contributed by atoms with Gasteiger partial charge >= 0.3 is 0 Å². The van der Waals surface area contributed by atoms with Crippen molar-refractivity contribution >= 4 is 11.8 Å². The molecule has 7 aromatic rings. The molecule has 0 aliphatic carbocycles. The molecule has 2 amide bonds. The Morgan fingerprint density at radius 2 is 1.17 bits per heavy atom. The standard InChI is InChI=1S/C27H27N5O3.C20H21N5O3/c1-20-11-12-23(35-26-17-22(13-14-28-26)34-19-21-7-3-2-4-8-21)18-31(20)27(33)24-9-5-6-10-25(24)32-29-15-16-30-32;1-14-6-7-16(28-19-12-15(26)8-9-21-19)13-24(14)20(27)17-4-2-3-5-18(17)25-22-10-11-23-25/h2-10,13-17,20,23H,11-12,18-19H2,1H3;2-5,8-12,14,16H,6-7,13H2,1H3,(H,21,26)/t20-,23-;14-,16-/m11/s1. The molecule has 1 N–H and O–H groups in total. The van der Waals surface area contributed by atoms with Crippen LogP contribution in [0, 0.1) is 0 Å². The highest BCUT2D eigenvalue weighted by atomic mass is 16.5. The van der Waals surface area contributed by atoms with Crippen LogP contribution in [0.1, 0.15) is 65.8 Å². The number of ether oxygens (including phenoxy) is 3. The number of hydrogen-bond acceptors (Lipinski definition) is 11. The zero-order valence-electron chi connectivity index (χ0n) is 35.0. The molecular formula is C47H48N10O6. The van der Waals surface area contributed by atoms with Gasteiger partial charge in [0.1, 0.15) is 24.6 Å². The molecule has 0 saturated carbocycles. The average Bonchev–Trinajstić information content (AvgIpc) is 4.07. The van der Waals surface area contributed by atoms with Crippen LogP contribution in [-0.4, -0.2) is 99.0 Å².